The minimum absolute atomic E-state index is 0.405. The monoisotopic (exact) mass is 246 g/mol. The zero-order valence-electron chi connectivity index (χ0n) is 10.4. The van der Waals surface area contributed by atoms with Crippen molar-refractivity contribution in [3.63, 3.8) is 0 Å². The summed E-state index contributed by atoms with van der Waals surface area (Å²) in [6.07, 6.45) is 3.94. The van der Waals surface area contributed by atoms with Crippen LogP contribution in [0.2, 0.25) is 0 Å². The van der Waals surface area contributed by atoms with Gasteiger partial charge in [-0.15, -0.1) is 0 Å². The largest absolute Gasteiger partial charge is 0.302 e. The molecule has 1 unspecified atom stereocenters. The van der Waals surface area contributed by atoms with Crippen molar-refractivity contribution in [2.75, 3.05) is 27.2 Å². The first-order valence-corrected chi connectivity index (χ1v) is 7.47. The molecule has 0 spiro atoms. The molecule has 0 N–H and O–H groups in total. The van der Waals surface area contributed by atoms with Crippen molar-refractivity contribution in [2.24, 2.45) is 0 Å². The lowest BCUT2D eigenvalue weighted by molar-refractivity contribution is 0.270. The molecule has 1 aliphatic heterocycles. The Hall–Kier alpha value is -0.130. The van der Waals surface area contributed by atoms with Gasteiger partial charge in [-0.3, -0.25) is 0 Å². The fourth-order valence-corrected chi connectivity index (χ4v) is 4.15. The lowest BCUT2D eigenvalue weighted by atomic mass is 10.2. The molecule has 2 fully saturated rings. The summed E-state index contributed by atoms with van der Waals surface area (Å²) in [6.45, 7) is 3.60. The molecule has 4 nitrogen and oxygen atoms in total. The van der Waals surface area contributed by atoms with Crippen LogP contribution in [0.3, 0.4) is 0 Å². The van der Waals surface area contributed by atoms with Gasteiger partial charge >= 0.3 is 0 Å². The molecule has 0 aromatic carbocycles. The van der Waals surface area contributed by atoms with E-state index in [1.807, 2.05) is 6.92 Å². The Morgan fingerprint density at radius 2 is 2.06 bits per heavy atom. The molecule has 94 valence electrons. The smallest absolute Gasteiger partial charge is 0.219 e. The highest BCUT2D eigenvalue weighted by Gasteiger charge is 2.52. The third-order valence-corrected chi connectivity index (χ3v) is 6.75. The van der Waals surface area contributed by atoms with Crippen molar-refractivity contribution in [1.82, 2.24) is 9.21 Å². The summed E-state index contributed by atoms with van der Waals surface area (Å²) in [5.41, 5.74) is 0. The van der Waals surface area contributed by atoms with Crippen LogP contribution in [-0.4, -0.2) is 55.6 Å². The van der Waals surface area contributed by atoms with E-state index in [0.717, 1.165) is 25.8 Å². The second-order valence-corrected chi connectivity index (χ2v) is 8.07. The van der Waals surface area contributed by atoms with Gasteiger partial charge in [0, 0.05) is 19.6 Å². The third-order valence-electron chi connectivity index (χ3n) is 4.13. The van der Waals surface area contributed by atoms with Gasteiger partial charge in [-0.2, -0.15) is 0 Å². The van der Waals surface area contributed by atoms with Gasteiger partial charge in [0.1, 0.15) is 0 Å². The second-order valence-electron chi connectivity index (χ2n) is 5.51. The van der Waals surface area contributed by atoms with Crippen LogP contribution in [-0.2, 0) is 10.0 Å². The Morgan fingerprint density at radius 3 is 2.50 bits per heavy atom. The number of sulfonamides is 1. The van der Waals surface area contributed by atoms with Crippen molar-refractivity contribution in [3.05, 3.63) is 0 Å². The lowest BCUT2D eigenvalue weighted by Crippen LogP contribution is -2.43. The van der Waals surface area contributed by atoms with Gasteiger partial charge in [0.2, 0.25) is 10.0 Å². The Labute approximate surface area is 98.7 Å². The molecule has 0 aromatic rings. The number of likely N-dealkylation sites (N-methyl/N-ethyl adjacent to an activating group) is 2. The van der Waals surface area contributed by atoms with E-state index < -0.39 is 14.8 Å². The fraction of sp³-hybridized carbons (Fsp3) is 1.00. The van der Waals surface area contributed by atoms with E-state index in [1.165, 1.54) is 6.42 Å². The van der Waals surface area contributed by atoms with Crippen LogP contribution in [0.15, 0.2) is 0 Å². The van der Waals surface area contributed by atoms with Crippen molar-refractivity contribution >= 4 is 10.0 Å². The summed E-state index contributed by atoms with van der Waals surface area (Å²) < 4.78 is 25.5. The molecular formula is C11H22N2O2S. The number of rotatable bonds is 4. The molecule has 2 aliphatic rings. The molecule has 1 saturated heterocycles. The van der Waals surface area contributed by atoms with E-state index in [4.69, 9.17) is 0 Å². The predicted octanol–water partition coefficient (Wildman–Crippen LogP) is 0.895. The minimum Gasteiger partial charge on any atom is -0.302 e. The number of nitrogens with zero attached hydrogens (tertiary/aromatic N) is 2. The van der Waals surface area contributed by atoms with Crippen molar-refractivity contribution < 1.29 is 8.42 Å². The van der Waals surface area contributed by atoms with Crippen LogP contribution in [0.1, 0.15) is 32.6 Å². The zero-order valence-corrected chi connectivity index (χ0v) is 11.3. The van der Waals surface area contributed by atoms with Gasteiger partial charge in [-0.25, -0.2) is 12.7 Å². The van der Waals surface area contributed by atoms with Crippen molar-refractivity contribution in [3.8, 4) is 0 Å². The van der Waals surface area contributed by atoms with Gasteiger partial charge in [0.05, 0.1) is 4.75 Å². The van der Waals surface area contributed by atoms with Gasteiger partial charge in [-0.05, 0) is 46.2 Å². The second kappa shape index (κ2) is 3.96. The summed E-state index contributed by atoms with van der Waals surface area (Å²) in [4.78, 5) is 2.27. The van der Waals surface area contributed by atoms with Crippen LogP contribution in [0.4, 0.5) is 0 Å². The number of hydrogen-bond acceptors (Lipinski definition) is 3. The van der Waals surface area contributed by atoms with Gasteiger partial charge in [0.15, 0.2) is 0 Å². The van der Waals surface area contributed by atoms with Crippen molar-refractivity contribution in [1.29, 1.82) is 0 Å². The maximum Gasteiger partial charge on any atom is 0.219 e. The highest BCUT2D eigenvalue weighted by molar-refractivity contribution is 7.90. The molecule has 1 atom stereocenters. The van der Waals surface area contributed by atoms with Gasteiger partial charge < -0.3 is 4.90 Å². The first-order chi connectivity index (χ1) is 7.37. The summed E-state index contributed by atoms with van der Waals surface area (Å²) >= 11 is 0. The summed E-state index contributed by atoms with van der Waals surface area (Å²) in [7, 11) is 0.738. The van der Waals surface area contributed by atoms with Crippen LogP contribution in [0.5, 0.6) is 0 Å². The van der Waals surface area contributed by atoms with Crippen LogP contribution >= 0.6 is 0 Å². The Bertz CT molecular complexity index is 362. The van der Waals surface area contributed by atoms with E-state index in [2.05, 4.69) is 11.9 Å². The Balaban J connectivity index is 2.00. The van der Waals surface area contributed by atoms with Crippen LogP contribution in [0, 0.1) is 0 Å². The maximum absolute atomic E-state index is 12.2. The molecule has 2 rings (SSSR count). The van der Waals surface area contributed by atoms with Crippen LogP contribution in [0.25, 0.3) is 0 Å². The first kappa shape index (κ1) is 12.3. The molecule has 5 heteroatoms. The molecule has 0 bridgehead atoms. The number of hydrogen-bond donors (Lipinski definition) is 0. The highest BCUT2D eigenvalue weighted by Crippen LogP contribution is 2.44. The molecule has 0 radical (unpaired) electrons. The topological polar surface area (TPSA) is 40.6 Å². The molecule has 1 aliphatic carbocycles. The average molecular weight is 246 g/mol. The van der Waals surface area contributed by atoms with E-state index >= 15 is 0 Å². The van der Waals surface area contributed by atoms with Gasteiger partial charge in [-0.1, -0.05) is 0 Å². The van der Waals surface area contributed by atoms with E-state index in [-0.39, 0.29) is 0 Å². The minimum atomic E-state index is -3.07. The molecule has 16 heavy (non-hydrogen) atoms. The average Bonchev–Trinajstić information content (AvgIpc) is 2.85. The van der Waals surface area contributed by atoms with Gasteiger partial charge in [0.25, 0.3) is 0 Å². The predicted molar refractivity (Wildman–Crippen MR) is 64.8 cm³/mol. The fourth-order valence-electron chi connectivity index (χ4n) is 2.42. The lowest BCUT2D eigenvalue weighted by Gasteiger charge is -2.27. The van der Waals surface area contributed by atoms with E-state index in [1.54, 1.807) is 11.4 Å². The first-order valence-electron chi connectivity index (χ1n) is 6.03. The highest BCUT2D eigenvalue weighted by atomic mass is 32.2. The standard InChI is InChI=1S/C11H22N2O2S/c1-11(6-7-11)16(14,15)13(3)9-10-5-4-8-12(10)2/h10H,4-9H2,1-3H3. The summed E-state index contributed by atoms with van der Waals surface area (Å²) in [6, 6.07) is 0.405. The summed E-state index contributed by atoms with van der Waals surface area (Å²) in [5, 5.41) is 0. The van der Waals surface area contributed by atoms with E-state index in [9.17, 15) is 8.42 Å². The van der Waals surface area contributed by atoms with E-state index in [0.29, 0.717) is 12.6 Å². The molecule has 0 amide bonds. The summed E-state index contributed by atoms with van der Waals surface area (Å²) in [5.74, 6) is 0. The Kier molecular flexibility index (Phi) is 3.05. The molecular weight excluding hydrogens is 224 g/mol. The molecule has 1 heterocycles. The zero-order chi connectivity index (χ0) is 12.0. The number of likely N-dealkylation sites (tertiary alicyclic amines) is 1. The molecule has 1 saturated carbocycles. The normalized spacial score (nSPS) is 29.9. The van der Waals surface area contributed by atoms with Crippen LogP contribution < -0.4 is 0 Å². The van der Waals surface area contributed by atoms with Crippen molar-refractivity contribution in [2.45, 2.75) is 43.4 Å². The third kappa shape index (κ3) is 2.00. The Morgan fingerprint density at radius 1 is 1.44 bits per heavy atom. The maximum atomic E-state index is 12.2. The quantitative estimate of drug-likeness (QED) is 0.740. The SMILES string of the molecule is CN1CCCC1CN(C)S(=O)(=O)C1(C)CC1. The molecule has 0 aromatic heterocycles.